The van der Waals surface area contributed by atoms with Crippen molar-refractivity contribution in [3.63, 3.8) is 0 Å². The molecule has 7 heteroatoms. The molecule has 1 aromatic heterocycles. The van der Waals surface area contributed by atoms with Crippen LogP contribution in [0.1, 0.15) is 54.4 Å². The summed E-state index contributed by atoms with van der Waals surface area (Å²) in [6.45, 7) is 1.23. The molecule has 1 aliphatic carbocycles. The molecule has 6 nitrogen and oxygen atoms in total. The van der Waals surface area contributed by atoms with Crippen molar-refractivity contribution >= 4 is 17.5 Å². The first-order valence-electron chi connectivity index (χ1n) is 11.1. The molecule has 0 N–H and O–H groups in total. The first-order chi connectivity index (χ1) is 15.6. The molecular weight excluding hydrogens is 426 g/mol. The van der Waals surface area contributed by atoms with Crippen LogP contribution >= 0.6 is 11.6 Å². The SMILES string of the molecule is COc1ccccc1Cc1noc(C2CN(C(=O)C3(c4ccc(Cl)cc4)CCCC3)C2)n1. The maximum Gasteiger partial charge on any atom is 0.233 e. The van der Waals surface area contributed by atoms with Gasteiger partial charge in [-0.25, -0.2) is 0 Å². The molecule has 166 valence electrons. The highest BCUT2D eigenvalue weighted by Gasteiger charge is 2.48. The number of likely N-dealkylation sites (tertiary alicyclic amines) is 1. The minimum absolute atomic E-state index is 0.0848. The van der Waals surface area contributed by atoms with Gasteiger partial charge < -0.3 is 14.2 Å². The summed E-state index contributed by atoms with van der Waals surface area (Å²) in [5.74, 6) is 2.33. The van der Waals surface area contributed by atoms with Crippen LogP contribution in [0, 0.1) is 0 Å². The van der Waals surface area contributed by atoms with Gasteiger partial charge in [-0.3, -0.25) is 4.79 Å². The maximum atomic E-state index is 13.5. The van der Waals surface area contributed by atoms with Gasteiger partial charge in [0.1, 0.15) is 5.75 Å². The normalized spacial score (nSPS) is 17.9. The van der Waals surface area contributed by atoms with Crippen molar-refractivity contribution in [1.29, 1.82) is 0 Å². The summed E-state index contributed by atoms with van der Waals surface area (Å²) in [5.41, 5.74) is 1.66. The van der Waals surface area contributed by atoms with Crippen LogP contribution < -0.4 is 4.74 Å². The van der Waals surface area contributed by atoms with E-state index in [-0.39, 0.29) is 11.8 Å². The number of halogens is 1. The highest BCUT2D eigenvalue weighted by Crippen LogP contribution is 2.44. The first-order valence-corrected chi connectivity index (χ1v) is 11.5. The number of nitrogens with zero attached hydrogens (tertiary/aromatic N) is 3. The fourth-order valence-electron chi connectivity index (χ4n) is 5.00. The Kier molecular flexibility index (Phi) is 5.64. The van der Waals surface area contributed by atoms with Crippen LogP contribution in [0.4, 0.5) is 0 Å². The summed E-state index contributed by atoms with van der Waals surface area (Å²) in [6, 6.07) is 15.6. The third kappa shape index (κ3) is 3.77. The van der Waals surface area contributed by atoms with Crippen molar-refractivity contribution in [1.82, 2.24) is 15.0 Å². The molecular formula is C25H26ClN3O3. The van der Waals surface area contributed by atoms with Crippen LogP contribution in [0.3, 0.4) is 0 Å². The van der Waals surface area contributed by atoms with E-state index in [0.717, 1.165) is 42.6 Å². The standard InChI is InChI=1S/C25H26ClN3O3/c1-31-21-7-3-2-6-17(21)14-22-27-23(32-28-22)18-15-29(16-18)24(30)25(12-4-5-13-25)19-8-10-20(26)11-9-19/h2-3,6-11,18H,4-5,12-16H2,1H3. The zero-order valence-electron chi connectivity index (χ0n) is 18.1. The second-order valence-corrected chi connectivity index (χ2v) is 9.18. The Labute approximate surface area is 192 Å². The van der Waals surface area contributed by atoms with Crippen molar-refractivity contribution in [2.24, 2.45) is 0 Å². The van der Waals surface area contributed by atoms with E-state index in [0.29, 0.717) is 36.2 Å². The predicted octanol–water partition coefficient (Wildman–Crippen LogP) is 4.76. The highest BCUT2D eigenvalue weighted by atomic mass is 35.5. The van der Waals surface area contributed by atoms with Crippen LogP contribution in [-0.2, 0) is 16.6 Å². The lowest BCUT2D eigenvalue weighted by molar-refractivity contribution is -0.142. The Morgan fingerprint density at radius 2 is 1.88 bits per heavy atom. The van der Waals surface area contributed by atoms with Gasteiger partial charge in [0.15, 0.2) is 5.82 Å². The number of hydrogen-bond donors (Lipinski definition) is 0. The fourth-order valence-corrected chi connectivity index (χ4v) is 5.13. The summed E-state index contributed by atoms with van der Waals surface area (Å²) in [7, 11) is 1.65. The number of ether oxygens (including phenoxy) is 1. The molecule has 0 radical (unpaired) electrons. The number of aromatic nitrogens is 2. The minimum Gasteiger partial charge on any atom is -0.496 e. The maximum absolute atomic E-state index is 13.5. The molecule has 2 fully saturated rings. The molecule has 2 heterocycles. The number of carbonyl (C=O) groups excluding carboxylic acids is 1. The van der Waals surface area contributed by atoms with E-state index < -0.39 is 5.41 Å². The average molecular weight is 452 g/mol. The number of hydrogen-bond acceptors (Lipinski definition) is 5. The van der Waals surface area contributed by atoms with Gasteiger partial charge in [0.25, 0.3) is 0 Å². The minimum atomic E-state index is -0.431. The number of amides is 1. The molecule has 2 aliphatic rings. The summed E-state index contributed by atoms with van der Waals surface area (Å²) >= 11 is 6.08. The van der Waals surface area contributed by atoms with Crippen molar-refractivity contribution in [3.8, 4) is 5.75 Å². The van der Waals surface area contributed by atoms with Gasteiger partial charge in [0.2, 0.25) is 11.8 Å². The summed E-state index contributed by atoms with van der Waals surface area (Å²) in [5, 5.41) is 4.84. The zero-order chi connectivity index (χ0) is 22.1. The van der Waals surface area contributed by atoms with Gasteiger partial charge in [-0.05, 0) is 36.6 Å². The highest BCUT2D eigenvalue weighted by molar-refractivity contribution is 6.30. The lowest BCUT2D eigenvalue weighted by Gasteiger charge is -2.43. The Morgan fingerprint density at radius 3 is 2.59 bits per heavy atom. The molecule has 1 saturated heterocycles. The summed E-state index contributed by atoms with van der Waals surface area (Å²) in [6.07, 6.45) is 4.46. The van der Waals surface area contributed by atoms with Gasteiger partial charge in [-0.15, -0.1) is 0 Å². The smallest absolute Gasteiger partial charge is 0.233 e. The fraction of sp³-hybridized carbons (Fsp3) is 0.400. The summed E-state index contributed by atoms with van der Waals surface area (Å²) < 4.78 is 10.9. The molecule has 32 heavy (non-hydrogen) atoms. The zero-order valence-corrected chi connectivity index (χ0v) is 18.8. The van der Waals surface area contributed by atoms with Gasteiger partial charge in [0, 0.05) is 30.1 Å². The van der Waals surface area contributed by atoms with E-state index in [1.165, 1.54) is 0 Å². The largest absolute Gasteiger partial charge is 0.496 e. The molecule has 1 amide bonds. The van der Waals surface area contributed by atoms with Crippen LogP contribution in [0.5, 0.6) is 5.75 Å². The molecule has 0 bridgehead atoms. The van der Waals surface area contributed by atoms with Crippen molar-refractivity contribution < 1.29 is 14.1 Å². The lowest BCUT2D eigenvalue weighted by Crippen LogP contribution is -2.55. The number of rotatable bonds is 6. The molecule has 1 saturated carbocycles. The number of para-hydroxylation sites is 1. The monoisotopic (exact) mass is 451 g/mol. The van der Waals surface area contributed by atoms with E-state index in [2.05, 4.69) is 10.1 Å². The number of carbonyl (C=O) groups is 1. The van der Waals surface area contributed by atoms with Crippen LogP contribution in [-0.4, -0.2) is 41.1 Å². The topological polar surface area (TPSA) is 68.5 Å². The van der Waals surface area contributed by atoms with Crippen LogP contribution in [0.25, 0.3) is 0 Å². The van der Waals surface area contributed by atoms with Gasteiger partial charge >= 0.3 is 0 Å². The second-order valence-electron chi connectivity index (χ2n) is 8.74. The Hall–Kier alpha value is -2.86. The Morgan fingerprint density at radius 1 is 1.16 bits per heavy atom. The van der Waals surface area contributed by atoms with Gasteiger partial charge in [0.05, 0.1) is 18.4 Å². The molecule has 2 aromatic carbocycles. The van der Waals surface area contributed by atoms with Crippen LogP contribution in [0.2, 0.25) is 5.02 Å². The number of benzene rings is 2. The Balaban J connectivity index is 1.26. The molecule has 3 aromatic rings. The van der Waals surface area contributed by atoms with Gasteiger partial charge in [-0.2, -0.15) is 4.98 Å². The third-order valence-electron chi connectivity index (χ3n) is 6.81. The summed E-state index contributed by atoms with van der Waals surface area (Å²) in [4.78, 5) is 20.1. The molecule has 1 aliphatic heterocycles. The molecule has 5 rings (SSSR count). The molecule has 0 spiro atoms. The van der Waals surface area contributed by atoms with Crippen molar-refractivity contribution in [2.45, 2.75) is 43.4 Å². The average Bonchev–Trinajstić information content (AvgIpc) is 3.44. The van der Waals surface area contributed by atoms with E-state index in [1.807, 2.05) is 53.4 Å². The second kappa shape index (κ2) is 8.58. The van der Waals surface area contributed by atoms with Crippen molar-refractivity contribution in [3.05, 3.63) is 76.4 Å². The van der Waals surface area contributed by atoms with Crippen molar-refractivity contribution in [2.75, 3.05) is 20.2 Å². The van der Waals surface area contributed by atoms with E-state index in [9.17, 15) is 4.79 Å². The quantitative estimate of drug-likeness (QED) is 0.540. The Bertz CT molecular complexity index is 1100. The predicted molar refractivity (Wildman–Crippen MR) is 121 cm³/mol. The van der Waals surface area contributed by atoms with E-state index in [4.69, 9.17) is 20.9 Å². The number of methoxy groups -OCH3 is 1. The third-order valence-corrected chi connectivity index (χ3v) is 7.06. The first kappa shape index (κ1) is 21.0. The van der Waals surface area contributed by atoms with E-state index >= 15 is 0 Å². The lowest BCUT2D eigenvalue weighted by atomic mass is 9.76. The van der Waals surface area contributed by atoms with Crippen LogP contribution in [0.15, 0.2) is 53.1 Å². The molecule has 0 atom stereocenters. The van der Waals surface area contributed by atoms with E-state index in [1.54, 1.807) is 7.11 Å². The molecule has 0 unspecified atom stereocenters. The van der Waals surface area contributed by atoms with Gasteiger partial charge in [-0.1, -0.05) is 59.9 Å².